The molecule has 15 heavy (non-hydrogen) atoms. The normalized spacial score (nSPS) is 28.8. The predicted molar refractivity (Wildman–Crippen MR) is 62.1 cm³/mol. The lowest BCUT2D eigenvalue weighted by Crippen LogP contribution is -2.61. The minimum absolute atomic E-state index is 0.266. The molecule has 0 aliphatic heterocycles. The second-order valence-corrected chi connectivity index (χ2v) is 4.70. The highest BCUT2D eigenvalue weighted by molar-refractivity contribution is 5.02. The second-order valence-electron chi connectivity index (χ2n) is 4.70. The highest BCUT2D eigenvalue weighted by atomic mass is 16.5. The van der Waals surface area contributed by atoms with Gasteiger partial charge in [0.25, 0.3) is 0 Å². The molecular weight excluding hydrogens is 190 g/mol. The van der Waals surface area contributed by atoms with Gasteiger partial charge in [0.1, 0.15) is 0 Å². The molecule has 1 rings (SSSR count). The van der Waals surface area contributed by atoms with Crippen LogP contribution < -0.4 is 5.32 Å². The summed E-state index contributed by atoms with van der Waals surface area (Å²) in [6.45, 7) is 12.0. The Morgan fingerprint density at radius 1 is 1.27 bits per heavy atom. The molecule has 1 saturated carbocycles. The van der Waals surface area contributed by atoms with E-state index in [0.29, 0.717) is 12.1 Å². The fourth-order valence-corrected chi connectivity index (χ4v) is 2.17. The average Bonchev–Trinajstić information content (AvgIpc) is 2.21. The van der Waals surface area contributed by atoms with Crippen molar-refractivity contribution in [2.45, 2.75) is 46.3 Å². The van der Waals surface area contributed by atoms with Crippen LogP contribution in [0.5, 0.6) is 0 Å². The van der Waals surface area contributed by atoms with E-state index < -0.39 is 0 Å². The van der Waals surface area contributed by atoms with Crippen molar-refractivity contribution in [3.8, 4) is 0 Å². The summed E-state index contributed by atoms with van der Waals surface area (Å²) in [6.07, 6.45) is 1.56. The number of hydrogen-bond donors (Lipinski definition) is 1. The van der Waals surface area contributed by atoms with Crippen LogP contribution in [-0.2, 0) is 9.47 Å². The average molecular weight is 215 g/mol. The molecule has 1 aliphatic carbocycles. The van der Waals surface area contributed by atoms with Crippen molar-refractivity contribution in [2.24, 2.45) is 5.41 Å². The lowest BCUT2D eigenvalue weighted by atomic mass is 9.64. The zero-order valence-corrected chi connectivity index (χ0v) is 10.5. The Morgan fingerprint density at radius 3 is 2.53 bits per heavy atom. The summed E-state index contributed by atoms with van der Waals surface area (Å²) in [4.78, 5) is 0. The van der Waals surface area contributed by atoms with Crippen LogP contribution in [-0.4, -0.2) is 38.5 Å². The summed E-state index contributed by atoms with van der Waals surface area (Å²) in [7, 11) is 0. The fraction of sp³-hybridized carbons (Fsp3) is 1.00. The van der Waals surface area contributed by atoms with Crippen molar-refractivity contribution >= 4 is 0 Å². The van der Waals surface area contributed by atoms with Gasteiger partial charge in [-0.05, 0) is 20.3 Å². The van der Waals surface area contributed by atoms with Gasteiger partial charge in [0.05, 0.1) is 12.7 Å². The van der Waals surface area contributed by atoms with E-state index >= 15 is 0 Å². The van der Waals surface area contributed by atoms with Crippen LogP contribution in [0, 0.1) is 5.41 Å². The van der Waals surface area contributed by atoms with Crippen LogP contribution in [0.1, 0.15) is 34.1 Å². The van der Waals surface area contributed by atoms with Gasteiger partial charge in [-0.25, -0.2) is 0 Å². The Hall–Kier alpha value is -0.120. The quantitative estimate of drug-likeness (QED) is 0.657. The Balaban J connectivity index is 2.17. The van der Waals surface area contributed by atoms with E-state index in [9.17, 15) is 0 Å². The molecule has 0 amide bonds. The maximum atomic E-state index is 5.68. The number of ether oxygens (including phenoxy) is 2. The van der Waals surface area contributed by atoms with E-state index in [4.69, 9.17) is 9.47 Å². The van der Waals surface area contributed by atoms with E-state index in [1.807, 2.05) is 6.92 Å². The SMILES string of the molecule is CCOCCNC1CC(OCC)C1(C)C. The molecule has 2 unspecified atom stereocenters. The maximum Gasteiger partial charge on any atom is 0.0655 e. The Bertz CT molecular complexity index is 182. The van der Waals surface area contributed by atoms with Crippen molar-refractivity contribution in [3.05, 3.63) is 0 Å². The number of nitrogens with one attached hydrogen (secondary N) is 1. The molecule has 2 atom stereocenters. The third kappa shape index (κ3) is 3.16. The van der Waals surface area contributed by atoms with E-state index in [1.165, 1.54) is 0 Å². The van der Waals surface area contributed by atoms with Crippen LogP contribution in [0.2, 0.25) is 0 Å². The molecule has 0 heterocycles. The third-order valence-corrected chi connectivity index (χ3v) is 3.39. The van der Waals surface area contributed by atoms with E-state index in [1.54, 1.807) is 0 Å². The summed E-state index contributed by atoms with van der Waals surface area (Å²) < 4.78 is 11.0. The highest BCUT2D eigenvalue weighted by Crippen LogP contribution is 2.42. The van der Waals surface area contributed by atoms with Gasteiger partial charge in [-0.15, -0.1) is 0 Å². The first-order chi connectivity index (χ1) is 7.12. The molecule has 0 bridgehead atoms. The molecule has 1 aliphatic rings. The van der Waals surface area contributed by atoms with Crippen LogP contribution in [0.3, 0.4) is 0 Å². The summed E-state index contributed by atoms with van der Waals surface area (Å²) >= 11 is 0. The molecule has 1 fully saturated rings. The van der Waals surface area contributed by atoms with Gasteiger partial charge in [0.15, 0.2) is 0 Å². The van der Waals surface area contributed by atoms with Gasteiger partial charge in [0.2, 0.25) is 0 Å². The van der Waals surface area contributed by atoms with Gasteiger partial charge in [-0.3, -0.25) is 0 Å². The molecule has 0 aromatic heterocycles. The largest absolute Gasteiger partial charge is 0.380 e. The molecule has 3 nitrogen and oxygen atoms in total. The van der Waals surface area contributed by atoms with Crippen LogP contribution in [0.15, 0.2) is 0 Å². The first kappa shape index (κ1) is 12.9. The predicted octanol–water partition coefficient (Wildman–Crippen LogP) is 1.82. The van der Waals surface area contributed by atoms with Crippen LogP contribution in [0.4, 0.5) is 0 Å². The molecule has 0 aromatic rings. The van der Waals surface area contributed by atoms with Crippen LogP contribution >= 0.6 is 0 Å². The lowest BCUT2D eigenvalue weighted by Gasteiger charge is -2.52. The van der Waals surface area contributed by atoms with Crippen molar-refractivity contribution in [3.63, 3.8) is 0 Å². The smallest absolute Gasteiger partial charge is 0.0655 e. The highest BCUT2D eigenvalue weighted by Gasteiger charge is 2.48. The number of hydrogen-bond acceptors (Lipinski definition) is 3. The van der Waals surface area contributed by atoms with Crippen molar-refractivity contribution < 1.29 is 9.47 Å². The molecule has 90 valence electrons. The minimum atomic E-state index is 0.266. The molecule has 3 heteroatoms. The zero-order chi connectivity index (χ0) is 11.3. The van der Waals surface area contributed by atoms with Gasteiger partial charge < -0.3 is 14.8 Å². The molecule has 0 radical (unpaired) electrons. The standard InChI is InChI=1S/C12H25NO2/c1-5-14-8-7-13-10-9-11(15-6-2)12(10,3)4/h10-11,13H,5-9H2,1-4H3. The Kier molecular flexibility index (Phi) is 5.03. The first-order valence-corrected chi connectivity index (χ1v) is 6.05. The van der Waals surface area contributed by atoms with Crippen LogP contribution in [0.25, 0.3) is 0 Å². The number of rotatable bonds is 7. The molecule has 1 N–H and O–H groups in total. The van der Waals surface area contributed by atoms with Crippen molar-refractivity contribution in [2.75, 3.05) is 26.4 Å². The third-order valence-electron chi connectivity index (χ3n) is 3.39. The molecule has 0 aromatic carbocycles. The summed E-state index contributed by atoms with van der Waals surface area (Å²) in [6, 6.07) is 0.578. The first-order valence-electron chi connectivity index (χ1n) is 6.05. The fourth-order valence-electron chi connectivity index (χ4n) is 2.17. The van der Waals surface area contributed by atoms with Gasteiger partial charge in [-0.1, -0.05) is 13.8 Å². The minimum Gasteiger partial charge on any atom is -0.380 e. The monoisotopic (exact) mass is 215 g/mol. The van der Waals surface area contributed by atoms with Gasteiger partial charge in [0, 0.05) is 31.2 Å². The zero-order valence-electron chi connectivity index (χ0n) is 10.5. The topological polar surface area (TPSA) is 30.5 Å². The van der Waals surface area contributed by atoms with E-state index in [2.05, 4.69) is 26.1 Å². The summed E-state index contributed by atoms with van der Waals surface area (Å²) in [5.41, 5.74) is 0.266. The molecular formula is C12H25NO2. The van der Waals surface area contributed by atoms with Crippen molar-refractivity contribution in [1.29, 1.82) is 0 Å². The Labute approximate surface area is 93.5 Å². The molecule has 0 spiro atoms. The van der Waals surface area contributed by atoms with Gasteiger partial charge in [-0.2, -0.15) is 0 Å². The Morgan fingerprint density at radius 2 is 2.00 bits per heavy atom. The van der Waals surface area contributed by atoms with Gasteiger partial charge >= 0.3 is 0 Å². The van der Waals surface area contributed by atoms with Crippen molar-refractivity contribution in [1.82, 2.24) is 5.32 Å². The maximum absolute atomic E-state index is 5.68. The van der Waals surface area contributed by atoms with E-state index in [0.717, 1.165) is 32.8 Å². The molecule has 0 saturated heterocycles. The lowest BCUT2D eigenvalue weighted by molar-refractivity contribution is -0.114. The second kappa shape index (κ2) is 5.83. The summed E-state index contributed by atoms with van der Waals surface area (Å²) in [5, 5.41) is 3.53. The summed E-state index contributed by atoms with van der Waals surface area (Å²) in [5.74, 6) is 0. The van der Waals surface area contributed by atoms with E-state index in [-0.39, 0.29) is 5.41 Å².